The van der Waals surface area contributed by atoms with Crippen LogP contribution in [-0.4, -0.2) is 25.7 Å². The molecule has 3 aromatic rings. The van der Waals surface area contributed by atoms with E-state index in [-0.39, 0.29) is 5.91 Å². The van der Waals surface area contributed by atoms with Crippen LogP contribution in [0.3, 0.4) is 0 Å². The fraction of sp³-hybridized carbons (Fsp3) is 0.316. The SMILES string of the molecule is CCc1cc(C(=O)Nc2cccc(Cn3ccnc3C(C)C)c2)n[nH]1. The quantitative estimate of drug-likeness (QED) is 0.722. The largest absolute Gasteiger partial charge is 0.330 e. The van der Waals surface area contributed by atoms with Crippen molar-refractivity contribution in [1.29, 1.82) is 0 Å². The minimum absolute atomic E-state index is 0.210. The number of benzene rings is 1. The average molecular weight is 337 g/mol. The second-order valence-corrected chi connectivity index (χ2v) is 6.35. The van der Waals surface area contributed by atoms with Crippen molar-refractivity contribution in [3.8, 4) is 0 Å². The number of aryl methyl sites for hydroxylation is 1. The van der Waals surface area contributed by atoms with Gasteiger partial charge in [-0.2, -0.15) is 5.10 Å². The van der Waals surface area contributed by atoms with Crippen LogP contribution in [0, 0.1) is 0 Å². The molecule has 0 saturated heterocycles. The van der Waals surface area contributed by atoms with Crippen LogP contribution in [-0.2, 0) is 13.0 Å². The Labute approximate surface area is 147 Å². The van der Waals surface area contributed by atoms with Crippen LogP contribution in [0.1, 0.15) is 54.3 Å². The van der Waals surface area contributed by atoms with E-state index in [0.29, 0.717) is 11.6 Å². The van der Waals surface area contributed by atoms with Crippen LogP contribution in [0.25, 0.3) is 0 Å². The maximum Gasteiger partial charge on any atom is 0.276 e. The molecule has 0 atom stereocenters. The van der Waals surface area contributed by atoms with Crippen molar-refractivity contribution in [2.24, 2.45) is 0 Å². The molecule has 0 aliphatic heterocycles. The number of H-pyrrole nitrogens is 1. The number of carbonyl (C=O) groups is 1. The van der Waals surface area contributed by atoms with E-state index >= 15 is 0 Å². The van der Waals surface area contributed by atoms with Crippen LogP contribution in [0.4, 0.5) is 5.69 Å². The van der Waals surface area contributed by atoms with Crippen molar-refractivity contribution in [1.82, 2.24) is 19.7 Å². The molecule has 0 aliphatic carbocycles. The molecule has 0 spiro atoms. The van der Waals surface area contributed by atoms with Crippen molar-refractivity contribution < 1.29 is 4.79 Å². The third-order valence-corrected chi connectivity index (χ3v) is 4.05. The first-order chi connectivity index (χ1) is 12.1. The number of aromatic nitrogens is 4. The summed E-state index contributed by atoms with van der Waals surface area (Å²) in [5.41, 5.74) is 3.21. The molecule has 0 radical (unpaired) electrons. The maximum atomic E-state index is 12.3. The van der Waals surface area contributed by atoms with Crippen LogP contribution in [0.15, 0.2) is 42.7 Å². The lowest BCUT2D eigenvalue weighted by molar-refractivity contribution is 0.102. The molecule has 0 fully saturated rings. The van der Waals surface area contributed by atoms with Gasteiger partial charge in [0.25, 0.3) is 5.91 Å². The molecule has 0 aliphatic rings. The Hall–Kier alpha value is -2.89. The van der Waals surface area contributed by atoms with Gasteiger partial charge in [-0.25, -0.2) is 4.98 Å². The second-order valence-electron chi connectivity index (χ2n) is 6.35. The first kappa shape index (κ1) is 17.0. The molecule has 0 saturated carbocycles. The number of hydrogen-bond donors (Lipinski definition) is 2. The second kappa shape index (κ2) is 7.34. The molecular weight excluding hydrogens is 314 g/mol. The van der Waals surface area contributed by atoms with Crippen molar-refractivity contribution in [2.75, 3.05) is 5.32 Å². The molecule has 2 aromatic heterocycles. The van der Waals surface area contributed by atoms with Gasteiger partial charge in [-0.1, -0.05) is 32.9 Å². The van der Waals surface area contributed by atoms with Crippen molar-refractivity contribution in [3.63, 3.8) is 0 Å². The van der Waals surface area contributed by atoms with E-state index in [1.807, 2.05) is 43.6 Å². The number of anilines is 1. The standard InChI is InChI=1S/C19H23N5O/c1-4-15-11-17(23-22-15)19(25)21-16-7-5-6-14(10-16)12-24-9-8-20-18(24)13(2)3/h5-11,13H,4,12H2,1-3H3,(H,21,25)(H,22,23). The molecule has 6 heteroatoms. The van der Waals surface area contributed by atoms with Crippen LogP contribution < -0.4 is 5.32 Å². The molecule has 2 heterocycles. The summed E-state index contributed by atoms with van der Waals surface area (Å²) in [6.45, 7) is 6.99. The number of amides is 1. The topological polar surface area (TPSA) is 75.6 Å². The highest BCUT2D eigenvalue weighted by Gasteiger charge is 2.11. The Morgan fingerprint density at radius 1 is 1.32 bits per heavy atom. The number of rotatable bonds is 6. The van der Waals surface area contributed by atoms with E-state index in [0.717, 1.165) is 35.7 Å². The molecule has 1 amide bonds. The van der Waals surface area contributed by atoms with Gasteiger partial charge >= 0.3 is 0 Å². The monoisotopic (exact) mass is 337 g/mol. The summed E-state index contributed by atoms with van der Waals surface area (Å²) in [5.74, 6) is 1.21. The number of nitrogens with zero attached hydrogens (tertiary/aromatic N) is 3. The number of imidazole rings is 1. The van der Waals surface area contributed by atoms with E-state index in [2.05, 4.69) is 38.9 Å². The van der Waals surface area contributed by atoms with Crippen molar-refractivity contribution >= 4 is 11.6 Å². The zero-order chi connectivity index (χ0) is 17.8. The Kier molecular flexibility index (Phi) is 4.97. The van der Waals surface area contributed by atoms with Gasteiger partial charge in [0.2, 0.25) is 0 Å². The number of nitrogens with one attached hydrogen (secondary N) is 2. The van der Waals surface area contributed by atoms with Crippen LogP contribution >= 0.6 is 0 Å². The zero-order valence-electron chi connectivity index (χ0n) is 14.8. The summed E-state index contributed by atoms with van der Waals surface area (Å²) in [5, 5.41) is 9.81. The van der Waals surface area contributed by atoms with E-state index in [9.17, 15) is 4.79 Å². The Bertz CT molecular complexity index is 862. The van der Waals surface area contributed by atoms with Gasteiger partial charge in [0.15, 0.2) is 5.69 Å². The predicted molar refractivity (Wildman–Crippen MR) is 97.8 cm³/mol. The minimum Gasteiger partial charge on any atom is -0.330 e. The summed E-state index contributed by atoms with van der Waals surface area (Å²) < 4.78 is 2.13. The van der Waals surface area contributed by atoms with E-state index in [1.54, 1.807) is 6.07 Å². The highest BCUT2D eigenvalue weighted by atomic mass is 16.1. The molecule has 0 bridgehead atoms. The molecule has 130 valence electrons. The van der Waals surface area contributed by atoms with Crippen molar-refractivity contribution in [2.45, 2.75) is 39.7 Å². The normalized spacial score (nSPS) is 11.0. The summed E-state index contributed by atoms with van der Waals surface area (Å²) >= 11 is 0. The maximum absolute atomic E-state index is 12.3. The first-order valence-corrected chi connectivity index (χ1v) is 8.52. The zero-order valence-corrected chi connectivity index (χ0v) is 14.8. The van der Waals surface area contributed by atoms with Crippen LogP contribution in [0.2, 0.25) is 0 Å². The fourth-order valence-electron chi connectivity index (χ4n) is 2.75. The van der Waals surface area contributed by atoms with Gasteiger partial charge in [0.05, 0.1) is 0 Å². The lowest BCUT2D eigenvalue weighted by atomic mass is 10.1. The summed E-state index contributed by atoms with van der Waals surface area (Å²) in [6.07, 6.45) is 4.62. The lowest BCUT2D eigenvalue weighted by Gasteiger charge is -2.11. The Balaban J connectivity index is 1.73. The summed E-state index contributed by atoms with van der Waals surface area (Å²) in [4.78, 5) is 16.7. The summed E-state index contributed by atoms with van der Waals surface area (Å²) in [6, 6.07) is 9.63. The van der Waals surface area contributed by atoms with Crippen LogP contribution in [0.5, 0.6) is 0 Å². The van der Waals surface area contributed by atoms with E-state index in [4.69, 9.17) is 0 Å². The van der Waals surface area contributed by atoms with Crippen molar-refractivity contribution in [3.05, 3.63) is 65.5 Å². The minimum atomic E-state index is -0.210. The van der Waals surface area contributed by atoms with Gasteiger partial charge in [-0.15, -0.1) is 0 Å². The number of carbonyl (C=O) groups excluding carboxylic acids is 1. The molecule has 1 aromatic carbocycles. The molecule has 25 heavy (non-hydrogen) atoms. The Morgan fingerprint density at radius 3 is 2.88 bits per heavy atom. The fourth-order valence-corrected chi connectivity index (χ4v) is 2.75. The molecule has 0 unspecified atom stereocenters. The van der Waals surface area contributed by atoms with Gasteiger partial charge in [-0.3, -0.25) is 9.89 Å². The first-order valence-electron chi connectivity index (χ1n) is 8.52. The smallest absolute Gasteiger partial charge is 0.276 e. The van der Waals surface area contributed by atoms with E-state index < -0.39 is 0 Å². The highest BCUT2D eigenvalue weighted by molar-refractivity contribution is 6.02. The average Bonchev–Trinajstić information content (AvgIpc) is 3.24. The van der Waals surface area contributed by atoms with E-state index in [1.165, 1.54) is 0 Å². The molecule has 3 rings (SSSR count). The van der Waals surface area contributed by atoms with Gasteiger partial charge < -0.3 is 9.88 Å². The van der Waals surface area contributed by atoms with Gasteiger partial charge in [0, 0.05) is 36.2 Å². The number of hydrogen-bond acceptors (Lipinski definition) is 3. The third-order valence-electron chi connectivity index (χ3n) is 4.05. The molecule has 2 N–H and O–H groups in total. The molecule has 6 nitrogen and oxygen atoms in total. The predicted octanol–water partition coefficient (Wildman–Crippen LogP) is 3.59. The lowest BCUT2D eigenvalue weighted by Crippen LogP contribution is -2.13. The number of aromatic amines is 1. The molecular formula is C19H23N5O. The third kappa shape index (κ3) is 3.96. The van der Waals surface area contributed by atoms with Gasteiger partial charge in [0.1, 0.15) is 5.82 Å². The highest BCUT2D eigenvalue weighted by Crippen LogP contribution is 2.17. The Morgan fingerprint density at radius 2 is 2.16 bits per heavy atom. The van der Waals surface area contributed by atoms with Gasteiger partial charge in [-0.05, 0) is 30.2 Å². The summed E-state index contributed by atoms with van der Waals surface area (Å²) in [7, 11) is 0.